The van der Waals surface area contributed by atoms with Crippen LogP contribution >= 0.6 is 0 Å². The highest BCUT2D eigenvalue weighted by Crippen LogP contribution is 2.37. The Labute approximate surface area is 233 Å². The Hall–Kier alpha value is -4.52. The van der Waals surface area contributed by atoms with Crippen LogP contribution in [0.3, 0.4) is 0 Å². The summed E-state index contributed by atoms with van der Waals surface area (Å²) in [4.78, 5) is 11.6. The molecule has 0 spiro atoms. The first-order chi connectivity index (χ1) is 19.4. The van der Waals surface area contributed by atoms with Crippen LogP contribution in [0.25, 0.3) is 11.1 Å². The van der Waals surface area contributed by atoms with E-state index >= 15 is 0 Å². The van der Waals surface area contributed by atoms with E-state index in [1.54, 1.807) is 36.4 Å². The molecule has 208 valence electrons. The molecule has 0 heterocycles. The standard InChI is InChI=1S/C33H33FO6/c1-3-9-26-29(12-7-13-30(26)40-31-11-6-5-10-27(31)33(36)37)39-19-8-18-38-25-20-22(4-2)32(28(35)21-25)23-14-16-24(34)17-15-23/h5-7,10-17,20-21,35H,3-4,8-9,18-19H2,1-2H3,(H,36,37). The number of benzene rings is 4. The largest absolute Gasteiger partial charge is 0.507 e. The highest BCUT2D eigenvalue weighted by atomic mass is 19.1. The molecule has 0 aliphatic heterocycles. The molecule has 4 rings (SSSR count). The van der Waals surface area contributed by atoms with Gasteiger partial charge in [0.05, 0.1) is 13.2 Å². The van der Waals surface area contributed by atoms with Gasteiger partial charge in [0.25, 0.3) is 0 Å². The molecule has 4 aromatic carbocycles. The molecule has 0 atom stereocenters. The van der Waals surface area contributed by atoms with Crippen LogP contribution in [-0.4, -0.2) is 29.4 Å². The van der Waals surface area contributed by atoms with Crippen molar-refractivity contribution in [2.45, 2.75) is 39.5 Å². The molecule has 0 fully saturated rings. The quantitative estimate of drug-likeness (QED) is 0.166. The lowest BCUT2D eigenvalue weighted by molar-refractivity contribution is 0.0694. The Balaban J connectivity index is 1.39. The Morgan fingerprint density at radius 3 is 2.27 bits per heavy atom. The van der Waals surface area contributed by atoms with Gasteiger partial charge in [-0.15, -0.1) is 0 Å². The topological polar surface area (TPSA) is 85.2 Å². The summed E-state index contributed by atoms with van der Waals surface area (Å²) >= 11 is 0. The molecule has 0 amide bonds. The van der Waals surface area contributed by atoms with Gasteiger partial charge in [0, 0.05) is 23.6 Å². The van der Waals surface area contributed by atoms with Gasteiger partial charge in [-0.3, -0.25) is 0 Å². The SMILES string of the molecule is CCCc1c(OCCCOc2cc(O)c(-c3ccc(F)cc3)c(CC)c2)cccc1Oc1ccccc1C(=O)O. The third-order valence-electron chi connectivity index (χ3n) is 6.43. The van der Waals surface area contributed by atoms with Crippen LogP contribution in [0.2, 0.25) is 0 Å². The van der Waals surface area contributed by atoms with Crippen molar-refractivity contribution in [2.75, 3.05) is 13.2 Å². The van der Waals surface area contributed by atoms with Gasteiger partial charge in [-0.05, 0) is 66.4 Å². The summed E-state index contributed by atoms with van der Waals surface area (Å²) in [5, 5.41) is 20.2. The minimum Gasteiger partial charge on any atom is -0.507 e. The number of carboxylic acid groups (broad SMARTS) is 1. The van der Waals surface area contributed by atoms with Crippen molar-refractivity contribution in [2.24, 2.45) is 0 Å². The first-order valence-corrected chi connectivity index (χ1v) is 13.4. The minimum atomic E-state index is -1.05. The monoisotopic (exact) mass is 544 g/mol. The van der Waals surface area contributed by atoms with Crippen molar-refractivity contribution in [1.82, 2.24) is 0 Å². The van der Waals surface area contributed by atoms with E-state index in [0.717, 1.165) is 23.1 Å². The number of carboxylic acids is 1. The summed E-state index contributed by atoms with van der Waals surface area (Å²) in [7, 11) is 0. The fourth-order valence-corrected chi connectivity index (χ4v) is 4.52. The van der Waals surface area contributed by atoms with Crippen molar-refractivity contribution in [3.63, 3.8) is 0 Å². The number of aromatic carboxylic acids is 1. The normalized spacial score (nSPS) is 10.8. The second-order valence-corrected chi connectivity index (χ2v) is 9.27. The zero-order valence-electron chi connectivity index (χ0n) is 22.7. The van der Waals surface area contributed by atoms with E-state index in [0.29, 0.717) is 55.3 Å². The lowest BCUT2D eigenvalue weighted by Gasteiger charge is -2.17. The van der Waals surface area contributed by atoms with Crippen LogP contribution in [0.15, 0.2) is 78.9 Å². The van der Waals surface area contributed by atoms with Crippen LogP contribution in [0.5, 0.6) is 28.7 Å². The Morgan fingerprint density at radius 2 is 1.55 bits per heavy atom. The van der Waals surface area contributed by atoms with Gasteiger partial charge in [-0.1, -0.05) is 50.6 Å². The van der Waals surface area contributed by atoms with E-state index < -0.39 is 5.97 Å². The number of para-hydroxylation sites is 1. The van der Waals surface area contributed by atoms with Crippen LogP contribution < -0.4 is 14.2 Å². The molecule has 2 N–H and O–H groups in total. The van der Waals surface area contributed by atoms with Crippen molar-refractivity contribution in [3.05, 3.63) is 101 Å². The van der Waals surface area contributed by atoms with Gasteiger partial charge in [-0.2, -0.15) is 0 Å². The molecule has 6 nitrogen and oxygen atoms in total. The fraction of sp³-hybridized carbons (Fsp3) is 0.242. The maximum absolute atomic E-state index is 13.4. The molecule has 0 radical (unpaired) electrons. The number of carbonyl (C=O) groups is 1. The summed E-state index contributed by atoms with van der Waals surface area (Å²) in [5.74, 6) is 0.785. The summed E-state index contributed by atoms with van der Waals surface area (Å²) in [6.45, 7) is 4.82. The maximum Gasteiger partial charge on any atom is 0.339 e. The predicted octanol–water partition coefficient (Wildman–Crippen LogP) is 8.05. The molecule has 40 heavy (non-hydrogen) atoms. The Bertz CT molecular complexity index is 1450. The lowest BCUT2D eigenvalue weighted by atomic mass is 9.96. The first-order valence-electron chi connectivity index (χ1n) is 13.4. The molecule has 0 aliphatic carbocycles. The van der Waals surface area contributed by atoms with Crippen LogP contribution in [0.4, 0.5) is 4.39 Å². The predicted molar refractivity (Wildman–Crippen MR) is 152 cm³/mol. The van der Waals surface area contributed by atoms with E-state index in [2.05, 4.69) is 6.92 Å². The van der Waals surface area contributed by atoms with E-state index in [9.17, 15) is 19.4 Å². The van der Waals surface area contributed by atoms with Crippen LogP contribution in [0, 0.1) is 5.82 Å². The molecule has 0 saturated carbocycles. The summed E-state index contributed by atoms with van der Waals surface area (Å²) in [5.41, 5.74) is 3.30. The number of halogens is 1. The van der Waals surface area contributed by atoms with E-state index in [1.165, 1.54) is 18.2 Å². The summed E-state index contributed by atoms with van der Waals surface area (Å²) < 4.78 is 31.4. The number of aryl methyl sites for hydroxylation is 1. The average Bonchev–Trinajstić information content (AvgIpc) is 2.95. The number of aromatic hydroxyl groups is 1. The number of phenolic OH excluding ortho intramolecular Hbond substituents is 1. The van der Waals surface area contributed by atoms with Crippen LogP contribution in [0.1, 0.15) is 48.2 Å². The lowest BCUT2D eigenvalue weighted by Crippen LogP contribution is -2.07. The molecule has 7 heteroatoms. The second kappa shape index (κ2) is 13.5. The van der Waals surface area contributed by atoms with Crippen molar-refractivity contribution < 1.29 is 33.6 Å². The highest BCUT2D eigenvalue weighted by molar-refractivity contribution is 5.91. The average molecular weight is 545 g/mol. The van der Waals surface area contributed by atoms with Crippen LogP contribution in [-0.2, 0) is 12.8 Å². The number of phenols is 1. The number of ether oxygens (including phenoxy) is 3. The second-order valence-electron chi connectivity index (χ2n) is 9.27. The van der Waals surface area contributed by atoms with Gasteiger partial charge >= 0.3 is 5.97 Å². The molecular weight excluding hydrogens is 511 g/mol. The summed E-state index contributed by atoms with van der Waals surface area (Å²) in [6.07, 6.45) is 2.84. The first kappa shape index (κ1) is 28.5. The molecule has 0 saturated heterocycles. The highest BCUT2D eigenvalue weighted by Gasteiger charge is 2.16. The fourth-order valence-electron chi connectivity index (χ4n) is 4.52. The van der Waals surface area contributed by atoms with Crippen molar-refractivity contribution in [1.29, 1.82) is 0 Å². The molecule has 0 unspecified atom stereocenters. The zero-order chi connectivity index (χ0) is 28.5. The third kappa shape index (κ3) is 6.91. The minimum absolute atomic E-state index is 0.0858. The van der Waals surface area contributed by atoms with Gasteiger partial charge in [-0.25, -0.2) is 9.18 Å². The molecule has 0 aliphatic rings. The zero-order valence-corrected chi connectivity index (χ0v) is 22.7. The van der Waals surface area contributed by atoms with Gasteiger partial charge in [0.2, 0.25) is 0 Å². The van der Waals surface area contributed by atoms with Gasteiger partial charge in [0.15, 0.2) is 0 Å². The maximum atomic E-state index is 13.4. The molecule has 4 aromatic rings. The number of hydrogen-bond acceptors (Lipinski definition) is 5. The van der Waals surface area contributed by atoms with Gasteiger partial charge in [0.1, 0.15) is 40.1 Å². The van der Waals surface area contributed by atoms with Crippen molar-refractivity contribution >= 4 is 5.97 Å². The van der Waals surface area contributed by atoms with Crippen molar-refractivity contribution in [3.8, 4) is 39.9 Å². The molecular formula is C33H33FO6. The van der Waals surface area contributed by atoms with E-state index in [-0.39, 0.29) is 22.9 Å². The number of rotatable bonds is 13. The third-order valence-corrected chi connectivity index (χ3v) is 6.43. The number of hydrogen-bond donors (Lipinski definition) is 2. The Morgan fingerprint density at radius 1 is 0.850 bits per heavy atom. The molecule has 0 bridgehead atoms. The Kier molecular flexibility index (Phi) is 9.62. The summed E-state index contributed by atoms with van der Waals surface area (Å²) in [6, 6.07) is 21.6. The smallest absolute Gasteiger partial charge is 0.339 e. The van der Waals surface area contributed by atoms with E-state index in [4.69, 9.17) is 14.2 Å². The van der Waals surface area contributed by atoms with Gasteiger partial charge < -0.3 is 24.4 Å². The molecule has 0 aromatic heterocycles. The van der Waals surface area contributed by atoms with E-state index in [1.807, 2.05) is 31.2 Å².